The molecule has 3 atom stereocenters. The molecular formula is C32H42N2O5. The SMILES string of the molecule is CC(=O)Oc1cccc(C23CCN(C)CC2(OC(C)=O)CCC(NC(=O)CCCCCc2ccccc2)C3)c1. The molecule has 7 heteroatoms. The molecular weight excluding hydrogens is 492 g/mol. The number of ether oxygens (including phenoxy) is 2. The number of piperidine rings is 1. The first-order valence-corrected chi connectivity index (χ1v) is 14.2. The van der Waals surface area contributed by atoms with E-state index in [4.69, 9.17) is 9.47 Å². The highest BCUT2D eigenvalue weighted by Gasteiger charge is 2.60. The molecule has 1 aliphatic heterocycles. The smallest absolute Gasteiger partial charge is 0.308 e. The van der Waals surface area contributed by atoms with Crippen LogP contribution in [0.3, 0.4) is 0 Å². The highest BCUT2D eigenvalue weighted by atomic mass is 16.6. The molecule has 2 fully saturated rings. The Morgan fingerprint density at radius 1 is 0.974 bits per heavy atom. The highest BCUT2D eigenvalue weighted by Crippen LogP contribution is 2.54. The number of benzene rings is 2. The van der Waals surface area contributed by atoms with Crippen LogP contribution in [0.1, 0.15) is 76.3 Å². The molecule has 0 aromatic heterocycles. The monoisotopic (exact) mass is 534 g/mol. The first-order valence-electron chi connectivity index (χ1n) is 14.2. The third-order valence-corrected chi connectivity index (χ3v) is 8.37. The van der Waals surface area contributed by atoms with E-state index in [9.17, 15) is 14.4 Å². The average molecular weight is 535 g/mol. The number of aryl methyl sites for hydroxylation is 1. The quantitative estimate of drug-likeness (QED) is 0.264. The second kappa shape index (κ2) is 12.8. The molecule has 1 amide bonds. The molecule has 2 aromatic carbocycles. The van der Waals surface area contributed by atoms with Gasteiger partial charge in [0.2, 0.25) is 5.91 Å². The Hall–Kier alpha value is -3.19. The van der Waals surface area contributed by atoms with Crippen LogP contribution in [-0.4, -0.2) is 54.5 Å². The van der Waals surface area contributed by atoms with Gasteiger partial charge in [0.25, 0.3) is 0 Å². The number of amides is 1. The topological polar surface area (TPSA) is 84.9 Å². The van der Waals surface area contributed by atoms with Gasteiger partial charge in [0, 0.05) is 38.3 Å². The predicted molar refractivity (Wildman–Crippen MR) is 150 cm³/mol. The number of unbranched alkanes of at least 4 members (excludes halogenated alkanes) is 2. The lowest BCUT2D eigenvalue weighted by Gasteiger charge is -2.59. The Bertz CT molecular complexity index is 1150. The molecule has 4 rings (SSSR count). The number of nitrogens with one attached hydrogen (secondary N) is 1. The van der Waals surface area contributed by atoms with Gasteiger partial charge in [0.05, 0.1) is 0 Å². The van der Waals surface area contributed by atoms with Gasteiger partial charge >= 0.3 is 11.9 Å². The largest absolute Gasteiger partial charge is 0.457 e. The standard InChI is InChI=1S/C32H42N2O5/c1-24(35)38-29-15-10-14-27(21-29)31-19-20-34(3)23-32(31,39-25(2)36)18-17-28(22-31)33-30(37)16-9-5-8-13-26-11-6-4-7-12-26/h4,6-7,10-12,14-15,21,28H,5,8-9,13,16-20,22-23H2,1-3H3,(H,33,37). The fourth-order valence-corrected chi connectivity index (χ4v) is 6.68. The number of likely N-dealkylation sites (N-methyl/N-ethyl adjacent to an activating group) is 1. The summed E-state index contributed by atoms with van der Waals surface area (Å²) in [5.74, 6) is -0.122. The van der Waals surface area contributed by atoms with Crippen LogP contribution in [0.15, 0.2) is 54.6 Å². The van der Waals surface area contributed by atoms with Crippen LogP contribution in [0, 0.1) is 0 Å². The van der Waals surface area contributed by atoms with Crippen molar-refractivity contribution in [3.05, 3.63) is 65.7 Å². The molecule has 0 radical (unpaired) electrons. The summed E-state index contributed by atoms with van der Waals surface area (Å²) < 4.78 is 11.6. The highest BCUT2D eigenvalue weighted by molar-refractivity contribution is 5.76. The summed E-state index contributed by atoms with van der Waals surface area (Å²) in [5.41, 5.74) is 1.09. The van der Waals surface area contributed by atoms with Gasteiger partial charge < -0.3 is 19.7 Å². The van der Waals surface area contributed by atoms with Gasteiger partial charge in [-0.05, 0) is 81.8 Å². The van der Waals surface area contributed by atoms with E-state index in [0.717, 1.165) is 50.6 Å². The maximum Gasteiger partial charge on any atom is 0.308 e. The average Bonchev–Trinajstić information content (AvgIpc) is 2.89. The lowest BCUT2D eigenvalue weighted by molar-refractivity contribution is -0.185. The second-order valence-electron chi connectivity index (χ2n) is 11.3. The fourth-order valence-electron chi connectivity index (χ4n) is 6.68. The number of likely N-dealkylation sites (tertiary alicyclic amines) is 1. The van der Waals surface area contributed by atoms with Gasteiger partial charge in [-0.3, -0.25) is 14.4 Å². The molecule has 1 saturated heterocycles. The number of hydrogen-bond acceptors (Lipinski definition) is 6. The van der Waals surface area contributed by atoms with E-state index in [2.05, 4.69) is 41.5 Å². The minimum absolute atomic E-state index is 0.0220. The molecule has 1 N–H and O–H groups in total. The fraction of sp³-hybridized carbons (Fsp3) is 0.531. The van der Waals surface area contributed by atoms with Crippen molar-refractivity contribution in [2.24, 2.45) is 0 Å². The Balaban J connectivity index is 1.47. The molecule has 1 saturated carbocycles. The van der Waals surface area contributed by atoms with Crippen molar-refractivity contribution in [1.29, 1.82) is 0 Å². The van der Waals surface area contributed by atoms with Crippen molar-refractivity contribution in [3.63, 3.8) is 0 Å². The van der Waals surface area contributed by atoms with Crippen LogP contribution in [0.25, 0.3) is 0 Å². The Morgan fingerprint density at radius 2 is 1.77 bits per heavy atom. The molecule has 7 nitrogen and oxygen atoms in total. The summed E-state index contributed by atoms with van der Waals surface area (Å²) in [6.45, 7) is 4.31. The number of carbonyl (C=O) groups excluding carboxylic acids is 3. The van der Waals surface area contributed by atoms with Crippen molar-refractivity contribution in [1.82, 2.24) is 10.2 Å². The molecule has 210 valence electrons. The van der Waals surface area contributed by atoms with Crippen LogP contribution >= 0.6 is 0 Å². The van der Waals surface area contributed by atoms with Crippen molar-refractivity contribution < 1.29 is 23.9 Å². The summed E-state index contributed by atoms with van der Waals surface area (Å²) in [5, 5.41) is 3.31. The first-order chi connectivity index (χ1) is 18.7. The molecule has 3 unspecified atom stereocenters. The van der Waals surface area contributed by atoms with E-state index >= 15 is 0 Å². The Kier molecular flexibility index (Phi) is 9.44. The van der Waals surface area contributed by atoms with E-state index in [1.54, 1.807) is 6.07 Å². The lowest BCUT2D eigenvalue weighted by atomic mass is 9.55. The second-order valence-corrected chi connectivity index (χ2v) is 11.3. The molecule has 2 aromatic rings. The van der Waals surface area contributed by atoms with Crippen molar-refractivity contribution in [2.75, 3.05) is 20.1 Å². The molecule has 0 spiro atoms. The normalized spacial score (nSPS) is 24.8. The van der Waals surface area contributed by atoms with Gasteiger partial charge in [-0.15, -0.1) is 0 Å². The summed E-state index contributed by atoms with van der Waals surface area (Å²) >= 11 is 0. The summed E-state index contributed by atoms with van der Waals surface area (Å²) in [6.07, 6.45) is 7.32. The Labute approximate surface area is 232 Å². The number of fused-ring (bicyclic) bond motifs is 1. The van der Waals surface area contributed by atoms with Crippen LogP contribution in [0.2, 0.25) is 0 Å². The van der Waals surface area contributed by atoms with Crippen LogP contribution in [0.4, 0.5) is 0 Å². The zero-order valence-corrected chi connectivity index (χ0v) is 23.5. The number of rotatable bonds is 10. The molecule has 1 heterocycles. The number of esters is 2. The van der Waals surface area contributed by atoms with Crippen molar-refractivity contribution >= 4 is 17.8 Å². The van der Waals surface area contributed by atoms with Gasteiger partial charge in [0.15, 0.2) is 0 Å². The number of carbonyl (C=O) groups is 3. The zero-order chi connectivity index (χ0) is 27.9. The minimum Gasteiger partial charge on any atom is -0.457 e. The third-order valence-electron chi connectivity index (χ3n) is 8.37. The number of hydrogen-bond donors (Lipinski definition) is 1. The minimum atomic E-state index is -0.723. The zero-order valence-electron chi connectivity index (χ0n) is 23.5. The van der Waals surface area contributed by atoms with Crippen LogP contribution in [-0.2, 0) is 31.0 Å². The van der Waals surface area contributed by atoms with E-state index < -0.39 is 11.0 Å². The third kappa shape index (κ3) is 7.07. The van der Waals surface area contributed by atoms with Crippen molar-refractivity contribution in [2.45, 2.75) is 88.7 Å². The maximum atomic E-state index is 13.0. The van der Waals surface area contributed by atoms with E-state index in [0.29, 0.717) is 31.6 Å². The predicted octanol–water partition coefficient (Wildman–Crippen LogP) is 4.96. The summed E-state index contributed by atoms with van der Waals surface area (Å²) in [7, 11) is 2.05. The molecule has 2 aliphatic rings. The van der Waals surface area contributed by atoms with E-state index in [-0.39, 0.29) is 23.9 Å². The first kappa shape index (κ1) is 28.8. The molecule has 0 bridgehead atoms. The van der Waals surface area contributed by atoms with Gasteiger partial charge in [-0.2, -0.15) is 0 Å². The van der Waals surface area contributed by atoms with E-state index in [1.165, 1.54) is 19.4 Å². The summed E-state index contributed by atoms with van der Waals surface area (Å²) in [4.78, 5) is 39.2. The molecule has 39 heavy (non-hydrogen) atoms. The van der Waals surface area contributed by atoms with E-state index in [1.807, 2.05) is 24.3 Å². The van der Waals surface area contributed by atoms with Gasteiger partial charge in [-0.25, -0.2) is 0 Å². The lowest BCUT2D eigenvalue weighted by Crippen LogP contribution is -2.68. The van der Waals surface area contributed by atoms with Crippen LogP contribution < -0.4 is 10.1 Å². The number of nitrogens with zero attached hydrogens (tertiary/aromatic N) is 1. The maximum absolute atomic E-state index is 13.0. The van der Waals surface area contributed by atoms with Gasteiger partial charge in [0.1, 0.15) is 11.4 Å². The summed E-state index contributed by atoms with van der Waals surface area (Å²) in [6, 6.07) is 18.0. The molecule has 1 aliphatic carbocycles. The van der Waals surface area contributed by atoms with Crippen LogP contribution in [0.5, 0.6) is 5.75 Å². The van der Waals surface area contributed by atoms with Gasteiger partial charge in [-0.1, -0.05) is 48.9 Å². The van der Waals surface area contributed by atoms with Crippen molar-refractivity contribution in [3.8, 4) is 5.75 Å². The Morgan fingerprint density at radius 3 is 2.51 bits per heavy atom.